The molecular weight excluding hydrogens is 294 g/mol. The van der Waals surface area contributed by atoms with Gasteiger partial charge in [-0.25, -0.2) is 4.98 Å². The molecule has 1 unspecified atom stereocenters. The number of aryl methyl sites for hydroxylation is 3. The van der Waals surface area contributed by atoms with Gasteiger partial charge in [-0.15, -0.1) is 10.2 Å². The van der Waals surface area contributed by atoms with Crippen LogP contribution in [-0.2, 0) is 0 Å². The van der Waals surface area contributed by atoms with E-state index in [2.05, 4.69) is 25.4 Å². The fourth-order valence-electron chi connectivity index (χ4n) is 2.72. The van der Waals surface area contributed by atoms with E-state index in [4.69, 9.17) is 0 Å². The second-order valence-corrected chi connectivity index (χ2v) is 5.70. The molecule has 120 valence electrons. The molecule has 1 N–H and O–H groups in total. The van der Waals surface area contributed by atoms with Crippen LogP contribution in [0.5, 0.6) is 0 Å². The number of carbonyl (C=O) groups is 1. The first-order valence-corrected chi connectivity index (χ1v) is 7.37. The summed E-state index contributed by atoms with van der Waals surface area (Å²) < 4.78 is 1.60. The number of nitrogens with one attached hydrogen (secondary N) is 1. The van der Waals surface area contributed by atoms with Crippen molar-refractivity contribution in [2.75, 3.05) is 7.05 Å². The van der Waals surface area contributed by atoms with Gasteiger partial charge in [-0.05, 0) is 33.8 Å². The molecule has 0 saturated carbocycles. The Bertz CT molecular complexity index is 860. The highest BCUT2D eigenvalue weighted by Gasteiger charge is 2.26. The Morgan fingerprint density at radius 3 is 2.70 bits per heavy atom. The predicted octanol–water partition coefficient (Wildman–Crippen LogP) is 1.61. The third-order valence-corrected chi connectivity index (χ3v) is 4.11. The lowest BCUT2D eigenvalue weighted by Crippen LogP contribution is -2.31. The molecule has 23 heavy (non-hydrogen) atoms. The number of H-pyrrole nitrogens is 1. The van der Waals surface area contributed by atoms with Crippen molar-refractivity contribution >= 4 is 11.7 Å². The maximum absolute atomic E-state index is 12.8. The fourth-order valence-corrected chi connectivity index (χ4v) is 2.72. The van der Waals surface area contributed by atoms with Crippen LogP contribution in [-0.4, -0.2) is 47.6 Å². The summed E-state index contributed by atoms with van der Waals surface area (Å²) in [6.45, 7) is 7.71. The highest BCUT2D eigenvalue weighted by atomic mass is 16.2. The quantitative estimate of drug-likeness (QED) is 0.793. The molecule has 0 bridgehead atoms. The largest absolute Gasteiger partial charge is 0.332 e. The first-order valence-electron chi connectivity index (χ1n) is 7.37. The van der Waals surface area contributed by atoms with E-state index in [9.17, 15) is 4.79 Å². The normalized spacial score (nSPS) is 12.6. The van der Waals surface area contributed by atoms with Crippen molar-refractivity contribution in [2.24, 2.45) is 0 Å². The molecule has 0 fully saturated rings. The smallest absolute Gasteiger partial charge is 0.292 e. The number of hydrogen-bond acceptors (Lipinski definition) is 5. The van der Waals surface area contributed by atoms with Gasteiger partial charge in [0, 0.05) is 30.2 Å². The minimum absolute atomic E-state index is 0.132. The van der Waals surface area contributed by atoms with Crippen molar-refractivity contribution < 1.29 is 4.79 Å². The van der Waals surface area contributed by atoms with E-state index in [-0.39, 0.29) is 17.8 Å². The average molecular weight is 313 g/mol. The van der Waals surface area contributed by atoms with Crippen molar-refractivity contribution in [1.82, 2.24) is 34.7 Å². The summed E-state index contributed by atoms with van der Waals surface area (Å²) in [5, 5.41) is 15.1. The molecule has 3 aromatic rings. The number of aromatic amines is 1. The Morgan fingerprint density at radius 2 is 2.04 bits per heavy atom. The molecule has 3 aromatic heterocycles. The molecule has 0 aliphatic heterocycles. The Hall–Kier alpha value is -2.77. The third-order valence-electron chi connectivity index (χ3n) is 4.11. The van der Waals surface area contributed by atoms with Crippen molar-refractivity contribution in [3.63, 3.8) is 0 Å². The Balaban J connectivity index is 1.95. The third kappa shape index (κ3) is 2.45. The second-order valence-electron chi connectivity index (χ2n) is 5.70. The summed E-state index contributed by atoms with van der Waals surface area (Å²) >= 11 is 0. The molecule has 0 aliphatic carbocycles. The molecule has 0 saturated heterocycles. The lowest BCUT2D eigenvalue weighted by atomic mass is 10.1. The fraction of sp³-hybridized carbons (Fsp3) is 0.400. The van der Waals surface area contributed by atoms with Crippen LogP contribution < -0.4 is 0 Å². The molecule has 1 amide bonds. The number of carbonyl (C=O) groups excluding carboxylic acids is 1. The lowest BCUT2D eigenvalue weighted by molar-refractivity contribution is 0.0728. The maximum Gasteiger partial charge on any atom is 0.292 e. The van der Waals surface area contributed by atoms with Crippen molar-refractivity contribution in [3.8, 4) is 0 Å². The number of amides is 1. The van der Waals surface area contributed by atoms with Crippen LogP contribution in [0.25, 0.3) is 5.78 Å². The summed E-state index contributed by atoms with van der Waals surface area (Å²) in [6, 6.07) is 1.69. The first kappa shape index (κ1) is 15.1. The van der Waals surface area contributed by atoms with Gasteiger partial charge in [0.15, 0.2) is 0 Å². The number of fused-ring (bicyclic) bond motifs is 1. The number of aromatic nitrogens is 6. The SMILES string of the molecule is Cc1ccn2c(C(=O)N(C)C(C)c3c(C)n[nH]c3C)nnc2n1. The summed E-state index contributed by atoms with van der Waals surface area (Å²) in [6.07, 6.45) is 1.76. The number of rotatable bonds is 3. The zero-order valence-corrected chi connectivity index (χ0v) is 13.8. The number of hydrogen-bond donors (Lipinski definition) is 1. The zero-order valence-electron chi connectivity index (χ0n) is 13.8. The van der Waals surface area contributed by atoms with Crippen molar-refractivity contribution in [1.29, 1.82) is 0 Å². The molecule has 0 spiro atoms. The molecule has 3 heterocycles. The van der Waals surface area contributed by atoms with Gasteiger partial charge in [-0.1, -0.05) is 0 Å². The monoisotopic (exact) mass is 313 g/mol. The summed E-state index contributed by atoms with van der Waals surface area (Å²) in [4.78, 5) is 18.7. The summed E-state index contributed by atoms with van der Waals surface area (Å²) in [5.74, 6) is 0.460. The first-order chi connectivity index (χ1) is 10.9. The van der Waals surface area contributed by atoms with Crippen molar-refractivity contribution in [2.45, 2.75) is 33.7 Å². The summed E-state index contributed by atoms with van der Waals surface area (Å²) in [5.41, 5.74) is 3.69. The van der Waals surface area contributed by atoms with E-state index < -0.39 is 0 Å². The van der Waals surface area contributed by atoms with Gasteiger partial charge in [0.1, 0.15) is 0 Å². The molecule has 1 atom stereocenters. The Morgan fingerprint density at radius 1 is 1.30 bits per heavy atom. The van der Waals surface area contributed by atoms with Crippen LogP contribution in [0.2, 0.25) is 0 Å². The Labute approximate surface area is 133 Å². The molecule has 0 radical (unpaired) electrons. The van der Waals surface area contributed by atoms with Crippen LogP contribution in [0, 0.1) is 20.8 Å². The van der Waals surface area contributed by atoms with E-state index in [1.165, 1.54) is 0 Å². The van der Waals surface area contributed by atoms with E-state index in [0.717, 1.165) is 22.6 Å². The predicted molar refractivity (Wildman–Crippen MR) is 84.1 cm³/mol. The van der Waals surface area contributed by atoms with Gasteiger partial charge in [-0.3, -0.25) is 14.3 Å². The summed E-state index contributed by atoms with van der Waals surface area (Å²) in [7, 11) is 1.75. The van der Waals surface area contributed by atoms with Crippen molar-refractivity contribution in [3.05, 3.63) is 40.7 Å². The van der Waals surface area contributed by atoms with Gasteiger partial charge in [0.05, 0.1) is 11.7 Å². The van der Waals surface area contributed by atoms with Gasteiger partial charge in [0.2, 0.25) is 5.82 Å². The molecule has 8 heteroatoms. The molecule has 8 nitrogen and oxygen atoms in total. The molecule has 3 rings (SSSR count). The van der Waals surface area contributed by atoms with Crippen LogP contribution in [0.15, 0.2) is 12.3 Å². The van der Waals surface area contributed by atoms with Crippen LogP contribution in [0.1, 0.15) is 46.2 Å². The number of nitrogens with zero attached hydrogens (tertiary/aromatic N) is 6. The van der Waals surface area contributed by atoms with E-state index in [1.54, 1.807) is 22.5 Å². The van der Waals surface area contributed by atoms with E-state index in [0.29, 0.717) is 5.78 Å². The highest BCUT2D eigenvalue weighted by Crippen LogP contribution is 2.25. The minimum Gasteiger partial charge on any atom is -0.332 e. The van der Waals surface area contributed by atoms with Gasteiger partial charge >= 0.3 is 0 Å². The average Bonchev–Trinajstić information content (AvgIpc) is 3.08. The topological polar surface area (TPSA) is 92.1 Å². The lowest BCUT2D eigenvalue weighted by Gasteiger charge is -2.24. The molecule has 0 aromatic carbocycles. The van der Waals surface area contributed by atoms with Crippen LogP contribution in [0.3, 0.4) is 0 Å². The maximum atomic E-state index is 12.8. The Kier molecular flexibility index (Phi) is 3.59. The standard InChI is InChI=1S/C15H19N7O/c1-8-6-7-22-13(19-20-15(22)16-8)14(23)21(5)11(4)12-9(2)17-18-10(12)3/h6-7,11H,1-5H3,(H,17,18). The van der Waals surface area contributed by atoms with E-state index in [1.807, 2.05) is 33.8 Å². The minimum atomic E-state index is -0.212. The second kappa shape index (κ2) is 5.45. The van der Waals surface area contributed by atoms with Crippen LogP contribution >= 0.6 is 0 Å². The van der Waals surface area contributed by atoms with Gasteiger partial charge < -0.3 is 4.90 Å². The van der Waals surface area contributed by atoms with Gasteiger partial charge in [-0.2, -0.15) is 5.10 Å². The van der Waals surface area contributed by atoms with E-state index >= 15 is 0 Å². The molecule has 0 aliphatic rings. The highest BCUT2D eigenvalue weighted by molar-refractivity contribution is 5.91. The van der Waals surface area contributed by atoms with Gasteiger partial charge in [0.25, 0.3) is 11.7 Å². The zero-order chi connectivity index (χ0) is 16.7. The van der Waals surface area contributed by atoms with Crippen LogP contribution in [0.4, 0.5) is 0 Å². The molecular formula is C15H19N7O.